The van der Waals surface area contributed by atoms with Crippen LogP contribution in [0, 0.1) is 5.41 Å². The first-order chi connectivity index (χ1) is 34.8. The number of ether oxygens (including phenoxy) is 5. The van der Waals surface area contributed by atoms with Crippen LogP contribution in [0.4, 0.5) is 5.69 Å². The van der Waals surface area contributed by atoms with E-state index in [1.165, 1.54) is 24.3 Å². The zero-order chi connectivity index (χ0) is 54.3. The van der Waals surface area contributed by atoms with Gasteiger partial charge in [-0.2, -0.15) is 25.3 Å². The molecule has 5 rings (SSSR count). The molecule has 0 radical (unpaired) electrons. The van der Waals surface area contributed by atoms with E-state index in [9.17, 15) is 53.9 Å². The lowest BCUT2D eigenvalue weighted by molar-refractivity contribution is -0.145. The molecule has 0 spiro atoms. The van der Waals surface area contributed by atoms with E-state index < -0.39 is 76.5 Å². The summed E-state index contributed by atoms with van der Waals surface area (Å²) in [6, 6.07) is 6.58. The van der Waals surface area contributed by atoms with Gasteiger partial charge in [0.1, 0.15) is 11.9 Å². The molecular formula is C50H71N3O18S3. The molecule has 2 aromatic rings. The van der Waals surface area contributed by atoms with E-state index in [0.29, 0.717) is 106 Å². The van der Waals surface area contributed by atoms with Gasteiger partial charge in [-0.05, 0) is 92.7 Å². The summed E-state index contributed by atoms with van der Waals surface area (Å²) in [5.41, 5.74) is 2.67. The van der Waals surface area contributed by atoms with E-state index >= 15 is 0 Å². The fraction of sp³-hybridized carbons (Fsp3) is 0.540. The normalized spacial score (nSPS) is 18.7. The summed E-state index contributed by atoms with van der Waals surface area (Å²) in [5, 5.41) is 19.7. The number of methoxy groups -OCH3 is 1. The number of fused-ring (bicyclic) bond motifs is 2. The van der Waals surface area contributed by atoms with Crippen LogP contribution < -0.4 is 9.74 Å². The highest BCUT2D eigenvalue weighted by Gasteiger charge is 2.44. The van der Waals surface area contributed by atoms with E-state index in [0.717, 1.165) is 16.8 Å². The first-order valence-electron chi connectivity index (χ1n) is 24.3. The van der Waals surface area contributed by atoms with Crippen molar-refractivity contribution in [2.45, 2.75) is 89.1 Å². The number of aromatic nitrogens is 1. The number of aromatic hydroxyl groups is 2. The van der Waals surface area contributed by atoms with E-state index in [1.807, 2.05) is 80.0 Å². The minimum atomic E-state index is -4.66. The van der Waals surface area contributed by atoms with E-state index in [1.54, 1.807) is 13.2 Å². The van der Waals surface area contributed by atoms with Gasteiger partial charge in [-0.3, -0.25) is 13.7 Å². The lowest BCUT2D eigenvalue weighted by atomic mass is 9.77. The number of rotatable bonds is 31. The molecule has 1 aromatic heterocycles. The Kier molecular flexibility index (Phi) is 21.6. The molecule has 1 aromatic carbocycles. The Morgan fingerprint density at radius 3 is 2.07 bits per heavy atom. The Morgan fingerprint density at radius 2 is 1.45 bits per heavy atom. The van der Waals surface area contributed by atoms with Crippen LogP contribution in [0.15, 0.2) is 106 Å². The lowest BCUT2D eigenvalue weighted by Gasteiger charge is -2.35. The maximum atomic E-state index is 12.6. The molecule has 0 saturated carbocycles. The summed E-state index contributed by atoms with van der Waals surface area (Å²) >= 11 is 0. The molecule has 2 aliphatic heterocycles. The molecule has 412 valence electrons. The molecule has 5 N–H and O–H groups in total. The summed E-state index contributed by atoms with van der Waals surface area (Å²) in [6.07, 6.45) is 14.4. The molecule has 3 heterocycles. The van der Waals surface area contributed by atoms with Gasteiger partial charge in [0.05, 0.1) is 62.6 Å². The van der Waals surface area contributed by atoms with Gasteiger partial charge in [0.15, 0.2) is 0 Å². The van der Waals surface area contributed by atoms with Crippen LogP contribution in [0.25, 0.3) is 0 Å². The maximum absolute atomic E-state index is 12.6. The summed E-state index contributed by atoms with van der Waals surface area (Å²) in [5.74, 6) is -1.88. The van der Waals surface area contributed by atoms with Crippen molar-refractivity contribution in [2.24, 2.45) is 5.41 Å². The molecular weight excluding hydrogens is 1030 g/mol. The van der Waals surface area contributed by atoms with Gasteiger partial charge in [-0.25, -0.2) is 4.79 Å². The predicted octanol–water partition coefficient (Wildman–Crippen LogP) is 5.90. The number of carbonyl (C=O) groups excluding carboxylic acids is 1. The molecule has 0 fully saturated rings. The molecule has 24 heteroatoms. The van der Waals surface area contributed by atoms with Crippen LogP contribution in [0.1, 0.15) is 78.2 Å². The van der Waals surface area contributed by atoms with Crippen molar-refractivity contribution in [3.05, 3.63) is 107 Å². The average Bonchev–Trinajstić information content (AvgIpc) is 3.74. The molecule has 0 bridgehead atoms. The minimum absolute atomic E-state index is 0.000910. The van der Waals surface area contributed by atoms with Crippen LogP contribution in [-0.4, -0.2) is 155 Å². The van der Waals surface area contributed by atoms with E-state index in [2.05, 4.69) is 0 Å². The highest BCUT2D eigenvalue weighted by Crippen LogP contribution is 2.51. The number of unbranched alkanes of at least 4 members (excludes halogenated alkanes) is 2. The molecule has 1 aliphatic carbocycles. The maximum Gasteiger partial charge on any atom is 0.333 e. The highest BCUT2D eigenvalue weighted by molar-refractivity contribution is 7.86. The largest absolute Gasteiger partial charge is 0.492 e. The summed E-state index contributed by atoms with van der Waals surface area (Å²) in [6.45, 7) is 11.7. The Bertz CT molecular complexity index is 2770. The highest BCUT2D eigenvalue weighted by atomic mass is 32.2. The number of carbonyl (C=O) groups is 1. The van der Waals surface area contributed by atoms with Crippen LogP contribution in [-0.2, 0) is 64.2 Å². The van der Waals surface area contributed by atoms with Crippen molar-refractivity contribution in [1.82, 2.24) is 9.63 Å². The van der Waals surface area contributed by atoms with Gasteiger partial charge in [0.2, 0.25) is 11.8 Å². The number of hydrogen-bond acceptors (Lipinski definition) is 17. The van der Waals surface area contributed by atoms with Gasteiger partial charge >= 0.3 is 5.97 Å². The van der Waals surface area contributed by atoms with Crippen LogP contribution in [0.5, 0.6) is 11.8 Å². The molecule has 74 heavy (non-hydrogen) atoms. The number of benzene rings is 1. The van der Waals surface area contributed by atoms with Crippen LogP contribution in [0.2, 0.25) is 0 Å². The SMILES string of the molecule is COCCOCCOCCOCCN(CCCS(=O)(=O)O)C1=CC2OC(C(C)(C)C)=CC(C=CC=C3N(CCCCCC(=O)On4c(O)ccc4O)c4ccc(S(=O)(=O)O)cc4C3(C)CCCS(=O)(=O)O)=C2C=C1. The van der Waals surface area contributed by atoms with Gasteiger partial charge in [0.25, 0.3) is 30.4 Å². The Morgan fingerprint density at radius 1 is 0.811 bits per heavy atom. The summed E-state index contributed by atoms with van der Waals surface area (Å²) in [7, 11) is -11.6. The molecule has 0 amide bonds. The number of anilines is 1. The molecule has 21 nitrogen and oxygen atoms in total. The van der Waals surface area contributed by atoms with Crippen molar-refractivity contribution in [2.75, 3.05) is 89.4 Å². The summed E-state index contributed by atoms with van der Waals surface area (Å²) < 4.78 is 131. The van der Waals surface area contributed by atoms with Crippen molar-refractivity contribution >= 4 is 42.0 Å². The Balaban J connectivity index is 1.43. The second-order valence-electron chi connectivity index (χ2n) is 19.1. The Hall–Kier alpha value is -5.02. The number of nitrogens with zero attached hydrogens (tertiary/aromatic N) is 3. The van der Waals surface area contributed by atoms with Gasteiger partial charge in [-0.1, -0.05) is 45.4 Å². The van der Waals surface area contributed by atoms with Gasteiger partial charge in [-0.15, -0.1) is 4.73 Å². The molecule has 0 saturated heterocycles. The third-order valence-electron chi connectivity index (χ3n) is 12.4. The van der Waals surface area contributed by atoms with Crippen molar-refractivity contribution < 1.29 is 82.4 Å². The van der Waals surface area contributed by atoms with Crippen LogP contribution >= 0.6 is 0 Å². The van der Waals surface area contributed by atoms with Crippen molar-refractivity contribution in [3.8, 4) is 11.8 Å². The second-order valence-corrected chi connectivity index (χ2v) is 23.7. The zero-order valence-corrected chi connectivity index (χ0v) is 45.0. The first-order valence-corrected chi connectivity index (χ1v) is 29.0. The number of allylic oxidation sites excluding steroid dienone is 8. The van der Waals surface area contributed by atoms with Crippen molar-refractivity contribution in [1.29, 1.82) is 0 Å². The smallest absolute Gasteiger partial charge is 0.333 e. The molecule has 2 atom stereocenters. The monoisotopic (exact) mass is 1100 g/mol. The van der Waals surface area contributed by atoms with E-state index in [-0.39, 0.29) is 37.1 Å². The fourth-order valence-corrected chi connectivity index (χ4v) is 10.2. The standard InChI is InChI=1S/C50H71N3O18S3/c1-49(2,3)45-34-37(40-17-15-38(35-43(40)70-45)51(22-11-33-73(60,61)62)24-25-67-28-29-69-31-30-68-27-26-66-5)12-9-13-44-50(4,21-10-32-72(57,58)59)41-36-39(74(63,64)65)16-18-42(41)52(44)23-8-6-7-14-48(56)71-53-46(54)19-20-47(53)55/h9,12-13,15-20,34-36,43,54-55H,6-8,10-11,14,21-33H2,1-5H3,(H,57,58,59)(H,60,61,62)(H,63,64,65). The second kappa shape index (κ2) is 26.6. The number of hydrogen-bond donors (Lipinski definition) is 5. The first kappa shape index (κ1) is 59.9. The Labute approximate surface area is 434 Å². The third-order valence-corrected chi connectivity index (χ3v) is 14.9. The fourth-order valence-electron chi connectivity index (χ4n) is 8.64. The van der Waals surface area contributed by atoms with Crippen LogP contribution in [0.3, 0.4) is 0 Å². The zero-order valence-electron chi connectivity index (χ0n) is 42.6. The average molecular weight is 1100 g/mol. The van der Waals surface area contributed by atoms with Gasteiger partial charge < -0.3 is 48.5 Å². The minimum Gasteiger partial charge on any atom is -0.492 e. The molecule has 2 unspecified atom stereocenters. The third kappa shape index (κ3) is 17.8. The molecule has 3 aliphatic rings. The lowest BCUT2D eigenvalue weighted by Crippen LogP contribution is -2.32. The van der Waals surface area contributed by atoms with Crippen molar-refractivity contribution in [3.63, 3.8) is 0 Å². The van der Waals surface area contributed by atoms with Gasteiger partial charge in [0, 0.05) is 78.8 Å². The summed E-state index contributed by atoms with van der Waals surface area (Å²) in [4.78, 5) is 21.2. The topological polar surface area (TPSA) is 287 Å². The van der Waals surface area contributed by atoms with E-state index in [4.69, 9.17) is 28.5 Å². The predicted molar refractivity (Wildman–Crippen MR) is 275 cm³/mol. The quantitative estimate of drug-likeness (QED) is 0.0434.